The molecule has 0 aromatic rings. The topological polar surface area (TPSA) is 58.2 Å². The fourth-order valence-corrected chi connectivity index (χ4v) is 3.21. The summed E-state index contributed by atoms with van der Waals surface area (Å²) in [4.78, 5) is 23.1. The molecule has 2 unspecified atom stereocenters. The van der Waals surface area contributed by atoms with Gasteiger partial charge in [-0.05, 0) is 38.5 Å². The summed E-state index contributed by atoms with van der Waals surface area (Å²) in [7, 11) is 0. The lowest BCUT2D eigenvalue weighted by molar-refractivity contribution is -0.125. The van der Waals surface area contributed by atoms with Crippen molar-refractivity contribution in [3.05, 3.63) is 24.3 Å². The molecule has 0 aromatic heterocycles. The lowest BCUT2D eigenvalue weighted by Crippen LogP contribution is -2.38. The van der Waals surface area contributed by atoms with Gasteiger partial charge in [-0.2, -0.15) is 0 Å². The van der Waals surface area contributed by atoms with E-state index in [1.54, 1.807) is 0 Å². The van der Waals surface area contributed by atoms with Crippen LogP contribution in [0.5, 0.6) is 0 Å². The molecule has 2 aliphatic carbocycles. The largest absolute Gasteiger partial charge is 0.350 e. The Balaban J connectivity index is 0.000000562. The summed E-state index contributed by atoms with van der Waals surface area (Å²) in [6, 6.07) is 0. The molecule has 2 amide bonds. The van der Waals surface area contributed by atoms with Gasteiger partial charge in [-0.15, -0.1) is 0 Å². The van der Waals surface area contributed by atoms with Gasteiger partial charge < -0.3 is 10.6 Å². The maximum atomic E-state index is 11.5. The highest BCUT2D eigenvalue weighted by Gasteiger charge is 2.50. The zero-order chi connectivity index (χ0) is 23.3. The van der Waals surface area contributed by atoms with Gasteiger partial charge >= 0.3 is 0 Å². The molecular weight excluding hydrogens is 384 g/mol. The molecule has 2 rings (SSSR count). The Morgan fingerprint density at radius 2 is 1.00 bits per heavy atom. The Morgan fingerprint density at radius 3 is 1.23 bits per heavy atom. The summed E-state index contributed by atoms with van der Waals surface area (Å²) in [5.74, 6) is 2.74. The Labute approximate surface area is 192 Å². The lowest BCUT2D eigenvalue weighted by atomic mass is 10.1. The Kier molecular flexibility index (Phi) is 11.3. The third-order valence-electron chi connectivity index (χ3n) is 5.93. The van der Waals surface area contributed by atoms with Crippen LogP contribution in [-0.2, 0) is 9.59 Å². The SMILES string of the molecule is C.CC(C)/C=C/C1C[C@@]1(C)NC(=O)C(C)C.CC(C)/C=C\C1C[C@@]1(C)NC(=O)C(C)C. The van der Waals surface area contributed by atoms with Crippen LogP contribution in [0.2, 0.25) is 0 Å². The summed E-state index contributed by atoms with van der Waals surface area (Å²) in [5.41, 5.74) is 0.0412. The van der Waals surface area contributed by atoms with E-state index in [0.717, 1.165) is 12.8 Å². The lowest BCUT2D eigenvalue weighted by Gasteiger charge is -2.15. The van der Waals surface area contributed by atoms with Gasteiger partial charge in [0.25, 0.3) is 0 Å². The van der Waals surface area contributed by atoms with Gasteiger partial charge in [0.2, 0.25) is 11.8 Å². The van der Waals surface area contributed by atoms with E-state index in [1.807, 2.05) is 27.7 Å². The quantitative estimate of drug-likeness (QED) is 0.451. The average Bonchev–Trinajstić information content (AvgIpc) is 3.46. The number of hydrogen-bond acceptors (Lipinski definition) is 2. The average molecular weight is 435 g/mol. The molecular formula is C27H50N2O2. The molecule has 2 fully saturated rings. The number of rotatable bonds is 8. The molecule has 4 atom stereocenters. The Bertz CT molecular complexity index is 592. The minimum atomic E-state index is 0. The van der Waals surface area contributed by atoms with Gasteiger partial charge in [-0.3, -0.25) is 9.59 Å². The second-order valence-electron chi connectivity index (χ2n) is 11.0. The number of carbonyl (C=O) groups is 2. The van der Waals surface area contributed by atoms with Gasteiger partial charge in [0.15, 0.2) is 0 Å². The van der Waals surface area contributed by atoms with Crippen LogP contribution in [0.3, 0.4) is 0 Å². The van der Waals surface area contributed by atoms with Crippen LogP contribution >= 0.6 is 0 Å². The zero-order valence-electron chi connectivity index (χ0n) is 21.0. The molecule has 2 aliphatic rings. The maximum absolute atomic E-state index is 11.5. The third kappa shape index (κ3) is 10.1. The van der Waals surface area contributed by atoms with Crippen molar-refractivity contribution in [2.75, 3.05) is 0 Å². The number of carbonyl (C=O) groups excluding carboxylic acids is 2. The van der Waals surface area contributed by atoms with E-state index < -0.39 is 0 Å². The number of allylic oxidation sites excluding steroid dienone is 2. The van der Waals surface area contributed by atoms with Gasteiger partial charge in [-0.25, -0.2) is 0 Å². The Hall–Kier alpha value is -1.58. The fourth-order valence-electron chi connectivity index (χ4n) is 3.21. The van der Waals surface area contributed by atoms with Crippen LogP contribution in [0.15, 0.2) is 24.3 Å². The summed E-state index contributed by atoms with van der Waals surface area (Å²) in [5, 5.41) is 6.23. The normalized spacial score (nSPS) is 29.2. The summed E-state index contributed by atoms with van der Waals surface area (Å²) < 4.78 is 0. The van der Waals surface area contributed by atoms with Crippen LogP contribution < -0.4 is 10.6 Å². The van der Waals surface area contributed by atoms with Crippen LogP contribution in [0, 0.1) is 35.5 Å². The molecule has 0 heterocycles. The molecule has 0 aliphatic heterocycles. The van der Waals surface area contributed by atoms with E-state index in [0.29, 0.717) is 23.7 Å². The van der Waals surface area contributed by atoms with Crippen molar-refractivity contribution < 1.29 is 9.59 Å². The first-order chi connectivity index (χ1) is 13.7. The predicted octanol–water partition coefficient (Wildman–Crippen LogP) is 6.13. The Morgan fingerprint density at radius 1 is 0.710 bits per heavy atom. The first kappa shape index (κ1) is 29.4. The molecule has 180 valence electrons. The fraction of sp³-hybridized carbons (Fsp3) is 0.778. The van der Waals surface area contributed by atoms with Crippen molar-refractivity contribution in [2.24, 2.45) is 35.5 Å². The maximum Gasteiger partial charge on any atom is 0.222 e. The van der Waals surface area contributed by atoms with Crippen molar-refractivity contribution in [1.29, 1.82) is 0 Å². The van der Waals surface area contributed by atoms with Crippen LogP contribution in [0.1, 0.15) is 89.5 Å². The molecule has 4 heteroatoms. The van der Waals surface area contributed by atoms with Crippen molar-refractivity contribution in [3.8, 4) is 0 Å². The minimum absolute atomic E-state index is 0. The monoisotopic (exact) mass is 434 g/mol. The standard InChI is InChI=1S/2C13H23NO.CH4/c2*1-9(2)6-7-11-8-13(11,5)14-12(15)10(3)4;/h2*6-7,9-11H,8H2,1-5H3,(H,14,15);1H4/b7-6+;7-6-;/t2*11?,13-;/m11./s1. The van der Waals surface area contributed by atoms with E-state index in [2.05, 4.69) is 76.5 Å². The van der Waals surface area contributed by atoms with Crippen molar-refractivity contribution in [3.63, 3.8) is 0 Å². The summed E-state index contributed by atoms with van der Waals surface area (Å²) in [6.45, 7) is 20.7. The number of amides is 2. The molecule has 31 heavy (non-hydrogen) atoms. The molecule has 0 spiro atoms. The molecule has 2 saturated carbocycles. The first-order valence-corrected chi connectivity index (χ1v) is 11.7. The smallest absolute Gasteiger partial charge is 0.222 e. The minimum Gasteiger partial charge on any atom is -0.350 e. The van der Waals surface area contributed by atoms with Crippen molar-refractivity contribution in [1.82, 2.24) is 10.6 Å². The molecule has 0 aromatic carbocycles. The van der Waals surface area contributed by atoms with E-state index in [4.69, 9.17) is 0 Å². The van der Waals surface area contributed by atoms with Gasteiger partial charge in [0.05, 0.1) is 0 Å². The predicted molar refractivity (Wildman–Crippen MR) is 134 cm³/mol. The third-order valence-corrected chi connectivity index (χ3v) is 5.93. The zero-order valence-corrected chi connectivity index (χ0v) is 21.0. The molecule has 4 nitrogen and oxygen atoms in total. The van der Waals surface area contributed by atoms with Gasteiger partial charge in [-0.1, -0.05) is 87.1 Å². The van der Waals surface area contributed by atoms with Crippen molar-refractivity contribution >= 4 is 11.8 Å². The van der Waals surface area contributed by atoms with Crippen LogP contribution in [0.4, 0.5) is 0 Å². The van der Waals surface area contributed by atoms with E-state index in [1.165, 1.54) is 0 Å². The second-order valence-corrected chi connectivity index (χ2v) is 11.0. The van der Waals surface area contributed by atoms with E-state index >= 15 is 0 Å². The first-order valence-electron chi connectivity index (χ1n) is 11.7. The van der Waals surface area contributed by atoms with Crippen LogP contribution in [-0.4, -0.2) is 22.9 Å². The molecule has 0 bridgehead atoms. The number of nitrogens with one attached hydrogen (secondary N) is 2. The molecule has 0 radical (unpaired) electrons. The molecule has 0 saturated heterocycles. The van der Waals surface area contributed by atoms with Crippen LogP contribution in [0.25, 0.3) is 0 Å². The van der Waals surface area contributed by atoms with Crippen molar-refractivity contribution in [2.45, 2.75) is 101 Å². The summed E-state index contributed by atoms with van der Waals surface area (Å²) in [6.07, 6.45) is 11.1. The highest BCUT2D eigenvalue weighted by Crippen LogP contribution is 2.45. The second kappa shape index (κ2) is 11.9. The molecule has 2 N–H and O–H groups in total. The van der Waals surface area contributed by atoms with E-state index in [-0.39, 0.29) is 42.2 Å². The highest BCUT2D eigenvalue weighted by atomic mass is 16.2. The highest BCUT2D eigenvalue weighted by molar-refractivity contribution is 5.79. The van der Waals surface area contributed by atoms with Gasteiger partial charge in [0, 0.05) is 34.7 Å². The van der Waals surface area contributed by atoms with E-state index in [9.17, 15) is 9.59 Å². The number of hydrogen-bond donors (Lipinski definition) is 2. The summed E-state index contributed by atoms with van der Waals surface area (Å²) >= 11 is 0. The van der Waals surface area contributed by atoms with Gasteiger partial charge in [0.1, 0.15) is 0 Å².